The quantitative estimate of drug-likeness (QED) is 0.906. The van der Waals surface area contributed by atoms with E-state index in [0.29, 0.717) is 19.1 Å². The number of nitrogens with zero attached hydrogens (tertiary/aromatic N) is 2. The molecular weight excluding hydrogens is 242 g/mol. The van der Waals surface area contributed by atoms with E-state index in [1.807, 2.05) is 13.0 Å². The Hall–Kier alpha value is -1.20. The summed E-state index contributed by atoms with van der Waals surface area (Å²) in [7, 11) is 0. The molecule has 1 saturated carbocycles. The second-order valence-electron chi connectivity index (χ2n) is 5.42. The highest BCUT2D eigenvalue weighted by Gasteiger charge is 2.41. The Labute approximate surface area is 113 Å². The maximum Gasteiger partial charge on any atom is 0.222 e. The van der Waals surface area contributed by atoms with Crippen molar-refractivity contribution in [2.24, 2.45) is 0 Å². The van der Waals surface area contributed by atoms with Gasteiger partial charge in [0.1, 0.15) is 6.10 Å². The lowest BCUT2D eigenvalue weighted by Crippen LogP contribution is -2.34. The van der Waals surface area contributed by atoms with Crippen molar-refractivity contribution in [1.29, 1.82) is 0 Å². The van der Waals surface area contributed by atoms with Crippen LogP contribution < -0.4 is 5.32 Å². The molecular formula is C14H21N3O2. The second-order valence-corrected chi connectivity index (χ2v) is 5.42. The van der Waals surface area contributed by atoms with Crippen LogP contribution in [-0.2, 0) is 9.47 Å². The zero-order valence-corrected chi connectivity index (χ0v) is 11.4. The fourth-order valence-corrected chi connectivity index (χ4v) is 2.81. The lowest BCUT2D eigenvalue weighted by Gasteiger charge is -2.31. The SMILES string of the molecule is Cc1ccnc(NC[C@@H]2COC3(CCCCC3)O2)n1. The highest BCUT2D eigenvalue weighted by molar-refractivity contribution is 5.24. The average Bonchev–Trinajstić information content (AvgIpc) is 2.80. The molecule has 1 aliphatic carbocycles. The van der Waals surface area contributed by atoms with Crippen molar-refractivity contribution in [3.8, 4) is 0 Å². The fraction of sp³-hybridized carbons (Fsp3) is 0.714. The molecule has 0 bridgehead atoms. The molecule has 0 unspecified atom stereocenters. The van der Waals surface area contributed by atoms with Crippen molar-refractivity contribution < 1.29 is 9.47 Å². The largest absolute Gasteiger partial charge is 0.352 e. The summed E-state index contributed by atoms with van der Waals surface area (Å²) in [5, 5.41) is 3.22. The van der Waals surface area contributed by atoms with E-state index in [-0.39, 0.29) is 11.9 Å². The van der Waals surface area contributed by atoms with Crippen LogP contribution in [0.25, 0.3) is 0 Å². The van der Waals surface area contributed by atoms with Crippen molar-refractivity contribution in [2.75, 3.05) is 18.5 Å². The average molecular weight is 263 g/mol. The molecule has 19 heavy (non-hydrogen) atoms. The molecule has 0 radical (unpaired) electrons. The van der Waals surface area contributed by atoms with Gasteiger partial charge in [0, 0.05) is 31.3 Å². The molecule has 1 aromatic rings. The number of aryl methyl sites for hydroxylation is 1. The van der Waals surface area contributed by atoms with Crippen LogP contribution in [0.4, 0.5) is 5.95 Å². The molecule has 5 nitrogen and oxygen atoms in total. The van der Waals surface area contributed by atoms with Crippen LogP contribution >= 0.6 is 0 Å². The Bertz CT molecular complexity index is 432. The van der Waals surface area contributed by atoms with E-state index in [2.05, 4.69) is 15.3 Å². The molecule has 1 aliphatic heterocycles. The molecule has 1 N–H and O–H groups in total. The van der Waals surface area contributed by atoms with Crippen LogP contribution in [-0.4, -0.2) is 35.0 Å². The van der Waals surface area contributed by atoms with Crippen LogP contribution in [0, 0.1) is 6.92 Å². The molecule has 1 saturated heterocycles. The van der Waals surface area contributed by atoms with Crippen LogP contribution in [0.1, 0.15) is 37.8 Å². The summed E-state index contributed by atoms with van der Waals surface area (Å²) >= 11 is 0. The maximum absolute atomic E-state index is 6.10. The third-order valence-electron chi connectivity index (χ3n) is 3.81. The summed E-state index contributed by atoms with van der Waals surface area (Å²) in [6, 6.07) is 1.89. The molecule has 3 rings (SSSR count). The number of hydrogen-bond donors (Lipinski definition) is 1. The molecule has 1 atom stereocenters. The van der Waals surface area contributed by atoms with Crippen molar-refractivity contribution >= 4 is 5.95 Å². The van der Waals surface area contributed by atoms with E-state index >= 15 is 0 Å². The van der Waals surface area contributed by atoms with E-state index in [0.717, 1.165) is 18.5 Å². The molecule has 2 heterocycles. The third kappa shape index (κ3) is 3.04. The molecule has 1 aromatic heterocycles. The lowest BCUT2D eigenvalue weighted by atomic mass is 9.94. The molecule has 1 spiro atoms. The normalized spacial score (nSPS) is 25.6. The molecule has 104 valence electrons. The van der Waals surface area contributed by atoms with E-state index < -0.39 is 0 Å². The number of aromatic nitrogens is 2. The molecule has 2 fully saturated rings. The summed E-state index contributed by atoms with van der Waals surface area (Å²) in [6.45, 7) is 3.32. The van der Waals surface area contributed by atoms with E-state index in [4.69, 9.17) is 9.47 Å². The lowest BCUT2D eigenvalue weighted by molar-refractivity contribution is -0.185. The summed E-state index contributed by atoms with van der Waals surface area (Å²) in [6.07, 6.45) is 7.65. The van der Waals surface area contributed by atoms with Gasteiger partial charge in [-0.2, -0.15) is 0 Å². The van der Waals surface area contributed by atoms with Gasteiger partial charge in [0.25, 0.3) is 0 Å². The first-order valence-corrected chi connectivity index (χ1v) is 7.11. The van der Waals surface area contributed by atoms with Gasteiger partial charge in [0.15, 0.2) is 5.79 Å². The Morgan fingerprint density at radius 2 is 2.21 bits per heavy atom. The Morgan fingerprint density at radius 1 is 1.37 bits per heavy atom. The van der Waals surface area contributed by atoms with Gasteiger partial charge in [-0.25, -0.2) is 9.97 Å². The smallest absolute Gasteiger partial charge is 0.222 e. The summed E-state index contributed by atoms with van der Waals surface area (Å²) in [5.41, 5.74) is 0.963. The van der Waals surface area contributed by atoms with Crippen LogP contribution in [0.5, 0.6) is 0 Å². The number of ether oxygens (including phenoxy) is 2. The van der Waals surface area contributed by atoms with Crippen molar-refractivity contribution in [3.63, 3.8) is 0 Å². The van der Waals surface area contributed by atoms with Gasteiger partial charge < -0.3 is 14.8 Å². The zero-order chi connectivity index (χ0) is 13.1. The van der Waals surface area contributed by atoms with E-state index in [9.17, 15) is 0 Å². The van der Waals surface area contributed by atoms with Crippen molar-refractivity contribution in [1.82, 2.24) is 9.97 Å². The van der Waals surface area contributed by atoms with Gasteiger partial charge in [-0.05, 0) is 25.8 Å². The first-order valence-electron chi connectivity index (χ1n) is 7.11. The topological polar surface area (TPSA) is 56.3 Å². The van der Waals surface area contributed by atoms with Crippen LogP contribution in [0.3, 0.4) is 0 Å². The number of rotatable bonds is 3. The van der Waals surface area contributed by atoms with Crippen molar-refractivity contribution in [2.45, 2.75) is 50.9 Å². The maximum atomic E-state index is 6.10. The number of hydrogen-bond acceptors (Lipinski definition) is 5. The predicted molar refractivity (Wildman–Crippen MR) is 71.9 cm³/mol. The van der Waals surface area contributed by atoms with Gasteiger partial charge >= 0.3 is 0 Å². The highest BCUT2D eigenvalue weighted by atomic mass is 16.7. The molecule has 2 aliphatic rings. The van der Waals surface area contributed by atoms with E-state index in [1.165, 1.54) is 19.3 Å². The Kier molecular flexibility index (Phi) is 3.66. The minimum absolute atomic E-state index is 0.0993. The minimum atomic E-state index is -0.294. The van der Waals surface area contributed by atoms with Gasteiger partial charge in [-0.1, -0.05) is 6.42 Å². The second kappa shape index (κ2) is 5.43. The van der Waals surface area contributed by atoms with Gasteiger partial charge in [-0.15, -0.1) is 0 Å². The minimum Gasteiger partial charge on any atom is -0.352 e. The van der Waals surface area contributed by atoms with E-state index in [1.54, 1.807) is 6.20 Å². The van der Waals surface area contributed by atoms with Crippen LogP contribution in [0.15, 0.2) is 12.3 Å². The van der Waals surface area contributed by atoms with Crippen LogP contribution in [0.2, 0.25) is 0 Å². The zero-order valence-electron chi connectivity index (χ0n) is 11.4. The highest BCUT2D eigenvalue weighted by Crippen LogP contribution is 2.37. The molecule has 5 heteroatoms. The number of anilines is 1. The van der Waals surface area contributed by atoms with Crippen molar-refractivity contribution in [3.05, 3.63) is 18.0 Å². The summed E-state index contributed by atoms with van der Waals surface area (Å²) in [4.78, 5) is 8.51. The first kappa shape index (κ1) is 12.8. The Balaban J connectivity index is 1.52. The first-order chi connectivity index (χ1) is 9.26. The molecule has 0 aromatic carbocycles. The molecule has 0 amide bonds. The monoisotopic (exact) mass is 263 g/mol. The Morgan fingerprint density at radius 3 is 3.00 bits per heavy atom. The third-order valence-corrected chi connectivity index (χ3v) is 3.81. The standard InChI is InChI=1S/C14H21N3O2/c1-11-5-8-15-13(17-11)16-9-12-10-18-14(19-12)6-3-2-4-7-14/h5,8,12H,2-4,6-7,9-10H2,1H3,(H,15,16,17)/t12-/m1/s1. The summed E-state index contributed by atoms with van der Waals surface area (Å²) in [5.74, 6) is 0.367. The van der Waals surface area contributed by atoms with Gasteiger partial charge in [0.2, 0.25) is 5.95 Å². The predicted octanol–water partition coefficient (Wildman–Crippen LogP) is 2.27. The summed E-state index contributed by atoms with van der Waals surface area (Å²) < 4.78 is 12.0. The fourth-order valence-electron chi connectivity index (χ4n) is 2.81. The van der Waals surface area contributed by atoms with Gasteiger partial charge in [-0.3, -0.25) is 0 Å². The number of nitrogens with one attached hydrogen (secondary N) is 1. The van der Waals surface area contributed by atoms with Gasteiger partial charge in [0.05, 0.1) is 6.61 Å².